The predicted molar refractivity (Wildman–Crippen MR) is 91.6 cm³/mol. The first kappa shape index (κ1) is 19.0. The lowest BCUT2D eigenvalue weighted by molar-refractivity contribution is -0.126. The molecular formula is C18H26N2O5. The maximum Gasteiger partial charge on any atom is 0.339 e. The average molecular weight is 350 g/mol. The molecule has 1 aliphatic heterocycles. The number of furan rings is 1. The Morgan fingerprint density at radius 2 is 2.12 bits per heavy atom. The Labute approximate surface area is 147 Å². The molecule has 0 bridgehead atoms. The number of nitrogens with one attached hydrogen (secondary N) is 1. The summed E-state index contributed by atoms with van der Waals surface area (Å²) in [5.74, 6) is -1.39. The van der Waals surface area contributed by atoms with Crippen molar-refractivity contribution in [2.24, 2.45) is 5.92 Å². The molecular weight excluding hydrogens is 324 g/mol. The molecule has 1 fully saturated rings. The van der Waals surface area contributed by atoms with E-state index in [1.807, 2.05) is 0 Å². The van der Waals surface area contributed by atoms with Crippen LogP contribution in [0.3, 0.4) is 0 Å². The molecule has 1 aromatic heterocycles. The highest BCUT2D eigenvalue weighted by Crippen LogP contribution is 2.22. The summed E-state index contributed by atoms with van der Waals surface area (Å²) >= 11 is 0. The highest BCUT2D eigenvalue weighted by molar-refractivity contribution is 5.96. The average Bonchev–Trinajstić information content (AvgIpc) is 3.06. The van der Waals surface area contributed by atoms with Gasteiger partial charge in [0.15, 0.2) is 5.76 Å². The van der Waals surface area contributed by atoms with Crippen molar-refractivity contribution in [2.75, 3.05) is 19.6 Å². The van der Waals surface area contributed by atoms with Crippen LogP contribution in [-0.2, 0) is 11.2 Å². The highest BCUT2D eigenvalue weighted by atomic mass is 16.4. The number of aryl methyl sites for hydroxylation is 1. The molecule has 7 heteroatoms. The maximum absolute atomic E-state index is 12.6. The van der Waals surface area contributed by atoms with Crippen molar-refractivity contribution in [3.05, 3.63) is 23.2 Å². The van der Waals surface area contributed by atoms with E-state index in [-0.39, 0.29) is 29.1 Å². The number of carboxylic acid groups (broad SMARTS) is 1. The molecule has 1 aliphatic rings. The second-order valence-corrected chi connectivity index (χ2v) is 6.34. The van der Waals surface area contributed by atoms with E-state index < -0.39 is 5.97 Å². The van der Waals surface area contributed by atoms with Crippen LogP contribution in [0.4, 0.5) is 0 Å². The Bertz CT molecular complexity index is 637. The second kappa shape index (κ2) is 8.69. The van der Waals surface area contributed by atoms with Crippen molar-refractivity contribution in [1.29, 1.82) is 0 Å². The zero-order chi connectivity index (χ0) is 18.4. The molecule has 25 heavy (non-hydrogen) atoms. The first-order valence-electron chi connectivity index (χ1n) is 8.90. The van der Waals surface area contributed by atoms with Gasteiger partial charge in [0.25, 0.3) is 5.91 Å². The van der Waals surface area contributed by atoms with Crippen LogP contribution in [0.2, 0.25) is 0 Å². The van der Waals surface area contributed by atoms with Crippen LogP contribution < -0.4 is 5.32 Å². The number of carbonyl (C=O) groups excluding carboxylic acids is 2. The van der Waals surface area contributed by atoms with Crippen LogP contribution in [0.15, 0.2) is 10.5 Å². The van der Waals surface area contributed by atoms with E-state index in [1.54, 1.807) is 11.8 Å². The van der Waals surface area contributed by atoms with Crippen molar-refractivity contribution >= 4 is 17.8 Å². The molecule has 1 unspecified atom stereocenters. The van der Waals surface area contributed by atoms with Gasteiger partial charge in [0, 0.05) is 32.1 Å². The Kier molecular flexibility index (Phi) is 6.61. The number of rotatable bonds is 7. The zero-order valence-electron chi connectivity index (χ0n) is 14.8. The molecule has 1 atom stereocenters. The van der Waals surface area contributed by atoms with E-state index in [9.17, 15) is 19.5 Å². The van der Waals surface area contributed by atoms with Gasteiger partial charge >= 0.3 is 5.97 Å². The number of carboxylic acids is 1. The van der Waals surface area contributed by atoms with Crippen LogP contribution >= 0.6 is 0 Å². The van der Waals surface area contributed by atoms with Gasteiger partial charge in [-0.2, -0.15) is 0 Å². The summed E-state index contributed by atoms with van der Waals surface area (Å²) in [6.07, 6.45) is 3.84. The number of aromatic carboxylic acids is 1. The van der Waals surface area contributed by atoms with Gasteiger partial charge in [-0.25, -0.2) is 4.79 Å². The fourth-order valence-corrected chi connectivity index (χ4v) is 3.04. The molecule has 1 aromatic rings. The smallest absolute Gasteiger partial charge is 0.339 e. The number of carbonyl (C=O) groups is 3. The Morgan fingerprint density at radius 1 is 1.36 bits per heavy atom. The quantitative estimate of drug-likeness (QED) is 0.735. The van der Waals surface area contributed by atoms with Crippen molar-refractivity contribution < 1.29 is 23.9 Å². The lowest BCUT2D eigenvalue weighted by Crippen LogP contribution is -2.45. The normalized spacial score (nSPS) is 17.4. The molecule has 0 spiro atoms. The number of hydrogen-bond donors (Lipinski definition) is 2. The molecule has 7 nitrogen and oxygen atoms in total. The number of hydrogen-bond acceptors (Lipinski definition) is 4. The first-order valence-corrected chi connectivity index (χ1v) is 8.90. The van der Waals surface area contributed by atoms with Gasteiger partial charge in [0.2, 0.25) is 5.91 Å². The first-order chi connectivity index (χ1) is 12.0. The van der Waals surface area contributed by atoms with E-state index in [0.29, 0.717) is 31.8 Å². The van der Waals surface area contributed by atoms with Gasteiger partial charge in [0.1, 0.15) is 11.3 Å². The summed E-state index contributed by atoms with van der Waals surface area (Å²) in [6.45, 7) is 5.37. The lowest BCUT2D eigenvalue weighted by Gasteiger charge is -2.31. The van der Waals surface area contributed by atoms with Crippen molar-refractivity contribution in [2.45, 2.75) is 46.0 Å². The fraction of sp³-hybridized carbons (Fsp3) is 0.611. The monoisotopic (exact) mass is 350 g/mol. The largest absolute Gasteiger partial charge is 0.478 e. The minimum atomic E-state index is -1.11. The molecule has 2 amide bonds. The molecule has 1 saturated heterocycles. The van der Waals surface area contributed by atoms with E-state index in [4.69, 9.17) is 4.42 Å². The van der Waals surface area contributed by atoms with Crippen LogP contribution in [0.25, 0.3) is 0 Å². The molecule has 2 heterocycles. The number of nitrogens with zero attached hydrogens (tertiary/aromatic N) is 1. The molecule has 0 aromatic carbocycles. The summed E-state index contributed by atoms with van der Waals surface area (Å²) in [5.41, 5.74) is 0.0247. The van der Waals surface area contributed by atoms with Crippen molar-refractivity contribution in [1.82, 2.24) is 10.2 Å². The van der Waals surface area contributed by atoms with Gasteiger partial charge in [0.05, 0.1) is 5.92 Å². The van der Waals surface area contributed by atoms with Crippen molar-refractivity contribution in [3.63, 3.8) is 0 Å². The predicted octanol–water partition coefficient (Wildman–Crippen LogP) is 2.31. The SMILES string of the molecule is CCCCNC(=O)C1CCCN(C(=O)c2cc(C(=O)O)c(CC)o2)C1. The van der Waals surface area contributed by atoms with Gasteiger partial charge < -0.3 is 19.7 Å². The third-order valence-electron chi connectivity index (χ3n) is 4.48. The summed E-state index contributed by atoms with van der Waals surface area (Å²) in [6, 6.07) is 1.29. The van der Waals surface area contributed by atoms with Gasteiger partial charge in [-0.05, 0) is 19.3 Å². The third-order valence-corrected chi connectivity index (χ3v) is 4.48. The fourth-order valence-electron chi connectivity index (χ4n) is 3.04. The Hall–Kier alpha value is -2.31. The molecule has 2 rings (SSSR count). The zero-order valence-corrected chi connectivity index (χ0v) is 14.8. The summed E-state index contributed by atoms with van der Waals surface area (Å²) in [5, 5.41) is 12.1. The Balaban J connectivity index is 2.04. The molecule has 2 N–H and O–H groups in total. The third kappa shape index (κ3) is 4.61. The highest BCUT2D eigenvalue weighted by Gasteiger charge is 2.31. The van der Waals surface area contributed by atoms with Crippen molar-refractivity contribution in [3.8, 4) is 0 Å². The second-order valence-electron chi connectivity index (χ2n) is 6.34. The topological polar surface area (TPSA) is 99.9 Å². The van der Waals surface area contributed by atoms with E-state index >= 15 is 0 Å². The van der Waals surface area contributed by atoms with E-state index in [2.05, 4.69) is 12.2 Å². The van der Waals surface area contributed by atoms with Crippen LogP contribution in [0.1, 0.15) is 66.2 Å². The number of unbranched alkanes of at least 4 members (excludes halogenated alkanes) is 1. The Morgan fingerprint density at radius 3 is 2.72 bits per heavy atom. The van der Waals surface area contributed by atoms with Gasteiger partial charge in [-0.15, -0.1) is 0 Å². The standard InChI is InChI=1S/C18H26N2O5/c1-3-5-8-19-16(21)12-7-6-9-20(11-12)17(22)15-10-13(18(23)24)14(4-2)25-15/h10,12H,3-9,11H2,1-2H3,(H,19,21)(H,23,24). The molecule has 0 aliphatic carbocycles. The summed E-state index contributed by atoms with van der Waals surface area (Å²) in [4.78, 5) is 37.7. The number of likely N-dealkylation sites (tertiary alicyclic amines) is 1. The van der Waals surface area contributed by atoms with E-state index in [1.165, 1.54) is 6.07 Å². The minimum absolute atomic E-state index is 0.0223. The summed E-state index contributed by atoms with van der Waals surface area (Å²) in [7, 11) is 0. The van der Waals surface area contributed by atoms with Gasteiger partial charge in [-0.1, -0.05) is 20.3 Å². The van der Waals surface area contributed by atoms with Crippen LogP contribution in [0.5, 0.6) is 0 Å². The number of amides is 2. The summed E-state index contributed by atoms with van der Waals surface area (Å²) < 4.78 is 5.44. The maximum atomic E-state index is 12.6. The molecule has 0 saturated carbocycles. The minimum Gasteiger partial charge on any atom is -0.478 e. The van der Waals surface area contributed by atoms with Crippen LogP contribution in [-0.4, -0.2) is 47.4 Å². The van der Waals surface area contributed by atoms with Gasteiger partial charge in [-0.3, -0.25) is 9.59 Å². The lowest BCUT2D eigenvalue weighted by atomic mass is 9.97. The van der Waals surface area contributed by atoms with Crippen LogP contribution in [0, 0.1) is 5.92 Å². The molecule has 0 radical (unpaired) electrons. The molecule has 138 valence electrons. The number of piperidine rings is 1. The van der Waals surface area contributed by atoms with E-state index in [0.717, 1.165) is 25.7 Å².